The van der Waals surface area contributed by atoms with Crippen molar-refractivity contribution in [2.75, 3.05) is 13.2 Å². The van der Waals surface area contributed by atoms with Crippen molar-refractivity contribution in [2.45, 2.75) is 25.8 Å². The lowest BCUT2D eigenvalue weighted by molar-refractivity contribution is 0.159. The smallest absolute Gasteiger partial charge is 0.134 e. The van der Waals surface area contributed by atoms with E-state index in [1.54, 1.807) is 0 Å². The van der Waals surface area contributed by atoms with E-state index < -0.39 is 0 Å². The Morgan fingerprint density at radius 2 is 2.40 bits per heavy atom. The monoisotopic (exact) mass is 206 g/mol. The van der Waals surface area contributed by atoms with Crippen LogP contribution in [-0.4, -0.2) is 34.4 Å². The second-order valence-electron chi connectivity index (χ2n) is 4.07. The second-order valence-corrected chi connectivity index (χ2v) is 4.07. The van der Waals surface area contributed by atoms with Gasteiger partial charge in [0.25, 0.3) is 0 Å². The van der Waals surface area contributed by atoms with Crippen molar-refractivity contribution in [3.8, 4) is 0 Å². The quantitative estimate of drug-likeness (QED) is 0.706. The van der Waals surface area contributed by atoms with Gasteiger partial charge in [0, 0.05) is 25.2 Å². The van der Waals surface area contributed by atoms with Crippen LogP contribution in [-0.2, 0) is 24.3 Å². The molecule has 0 spiro atoms. The summed E-state index contributed by atoms with van der Waals surface area (Å²) in [5.74, 6) is 0. The molecule has 1 unspecified atom stereocenters. The van der Waals surface area contributed by atoms with E-state index in [9.17, 15) is 0 Å². The molecule has 15 heavy (non-hydrogen) atoms. The van der Waals surface area contributed by atoms with E-state index in [0.717, 1.165) is 37.5 Å². The normalized spacial score (nSPS) is 25.0. The number of epoxide rings is 1. The minimum Gasteiger partial charge on any atom is -0.390 e. The Balaban J connectivity index is 1.83. The van der Waals surface area contributed by atoms with Gasteiger partial charge < -0.3 is 9.84 Å². The molecule has 4 heteroatoms. The Morgan fingerprint density at radius 3 is 3.13 bits per heavy atom. The topological polar surface area (TPSA) is 48.9 Å². The summed E-state index contributed by atoms with van der Waals surface area (Å²) >= 11 is 0. The van der Waals surface area contributed by atoms with Gasteiger partial charge in [-0.25, -0.2) is 0 Å². The van der Waals surface area contributed by atoms with E-state index in [2.05, 4.69) is 16.0 Å². The van der Waals surface area contributed by atoms with Gasteiger partial charge in [-0.15, -0.1) is 0 Å². The van der Waals surface area contributed by atoms with Gasteiger partial charge in [0.1, 0.15) is 6.23 Å². The Bertz CT molecular complexity index is 377. The zero-order chi connectivity index (χ0) is 10.3. The zero-order valence-electron chi connectivity index (χ0n) is 8.52. The summed E-state index contributed by atoms with van der Waals surface area (Å²) in [6.07, 6.45) is 1.30. The van der Waals surface area contributed by atoms with Crippen LogP contribution in [0.4, 0.5) is 0 Å². The fraction of sp³-hybridized carbons (Fsp3) is 0.545. The van der Waals surface area contributed by atoms with Crippen LogP contribution in [0.25, 0.3) is 0 Å². The molecule has 2 aliphatic rings. The summed E-state index contributed by atoms with van der Waals surface area (Å²) in [4.78, 5) is 6.76. The number of ether oxygens (including phenoxy) is 1. The van der Waals surface area contributed by atoms with E-state index in [1.165, 1.54) is 5.56 Å². The molecule has 1 saturated heterocycles. The van der Waals surface area contributed by atoms with Crippen LogP contribution >= 0.6 is 0 Å². The lowest BCUT2D eigenvalue weighted by Crippen LogP contribution is -2.33. The molecule has 1 atom stereocenters. The highest BCUT2D eigenvalue weighted by Gasteiger charge is 2.32. The third-order valence-electron chi connectivity index (χ3n) is 3.02. The Labute approximate surface area is 88.5 Å². The van der Waals surface area contributed by atoms with Gasteiger partial charge in [0.05, 0.1) is 18.9 Å². The number of aliphatic hydroxyl groups is 1. The number of rotatable bonds is 2. The highest BCUT2D eigenvalue weighted by atomic mass is 16.6. The average molecular weight is 206 g/mol. The van der Waals surface area contributed by atoms with E-state index in [0.29, 0.717) is 6.23 Å². The summed E-state index contributed by atoms with van der Waals surface area (Å²) < 4.78 is 5.27. The minimum atomic E-state index is 0.0305. The zero-order valence-corrected chi connectivity index (χ0v) is 8.52. The average Bonchev–Trinajstić information content (AvgIpc) is 3.11. The van der Waals surface area contributed by atoms with Gasteiger partial charge in [0.15, 0.2) is 0 Å². The van der Waals surface area contributed by atoms with Gasteiger partial charge >= 0.3 is 0 Å². The van der Waals surface area contributed by atoms with Crippen molar-refractivity contribution in [2.24, 2.45) is 0 Å². The standard InChI is InChI=1S/C11H14N2O2/c14-6-9-2-1-8-5-13(11-7-15-11)4-3-10(8)12-9/h1-2,11,14H,3-7H2. The van der Waals surface area contributed by atoms with Crippen LogP contribution in [0.15, 0.2) is 12.1 Å². The molecule has 0 saturated carbocycles. The summed E-state index contributed by atoms with van der Waals surface area (Å²) in [5.41, 5.74) is 3.18. The molecule has 80 valence electrons. The highest BCUT2D eigenvalue weighted by Crippen LogP contribution is 2.24. The molecule has 1 aromatic rings. The predicted molar refractivity (Wildman–Crippen MR) is 54.0 cm³/mol. The number of aromatic nitrogens is 1. The van der Waals surface area contributed by atoms with Gasteiger partial charge in [0.2, 0.25) is 0 Å². The number of pyridine rings is 1. The molecule has 0 aliphatic carbocycles. The first-order chi connectivity index (χ1) is 7.36. The number of hydrogen-bond donors (Lipinski definition) is 1. The molecule has 1 fully saturated rings. The Kier molecular flexibility index (Phi) is 2.20. The maximum absolute atomic E-state index is 9.00. The third kappa shape index (κ3) is 1.76. The SMILES string of the molecule is OCc1ccc2c(n1)CCN(C1CO1)C2. The van der Waals surface area contributed by atoms with Gasteiger partial charge in [-0.3, -0.25) is 9.88 Å². The number of aliphatic hydroxyl groups excluding tert-OH is 1. The predicted octanol–water partition coefficient (Wildman–Crippen LogP) is 0.288. The van der Waals surface area contributed by atoms with Crippen LogP contribution in [0.5, 0.6) is 0 Å². The number of hydrogen-bond acceptors (Lipinski definition) is 4. The van der Waals surface area contributed by atoms with Crippen molar-refractivity contribution in [1.82, 2.24) is 9.88 Å². The molecule has 0 amide bonds. The summed E-state index contributed by atoms with van der Waals surface area (Å²) in [5, 5.41) is 9.00. The van der Waals surface area contributed by atoms with Crippen molar-refractivity contribution < 1.29 is 9.84 Å². The van der Waals surface area contributed by atoms with Crippen LogP contribution < -0.4 is 0 Å². The minimum absolute atomic E-state index is 0.0305. The molecule has 0 aromatic carbocycles. The largest absolute Gasteiger partial charge is 0.390 e. The third-order valence-corrected chi connectivity index (χ3v) is 3.02. The maximum Gasteiger partial charge on any atom is 0.134 e. The van der Waals surface area contributed by atoms with Crippen molar-refractivity contribution in [3.05, 3.63) is 29.1 Å². The maximum atomic E-state index is 9.00. The van der Waals surface area contributed by atoms with Crippen molar-refractivity contribution >= 4 is 0 Å². The molecular formula is C11H14N2O2. The van der Waals surface area contributed by atoms with E-state index in [-0.39, 0.29) is 6.61 Å². The Hall–Kier alpha value is -0.970. The molecule has 3 rings (SSSR count). The van der Waals surface area contributed by atoms with E-state index in [1.807, 2.05) is 6.07 Å². The number of fused-ring (bicyclic) bond motifs is 1. The van der Waals surface area contributed by atoms with Crippen LogP contribution in [0.2, 0.25) is 0 Å². The Morgan fingerprint density at radius 1 is 1.53 bits per heavy atom. The lowest BCUT2D eigenvalue weighted by atomic mass is 10.1. The van der Waals surface area contributed by atoms with E-state index >= 15 is 0 Å². The number of nitrogens with zero attached hydrogens (tertiary/aromatic N) is 2. The first-order valence-corrected chi connectivity index (χ1v) is 5.31. The summed E-state index contributed by atoms with van der Waals surface area (Å²) in [6.45, 7) is 2.85. The van der Waals surface area contributed by atoms with Gasteiger partial charge in [-0.2, -0.15) is 0 Å². The molecule has 4 nitrogen and oxygen atoms in total. The fourth-order valence-corrected chi connectivity index (χ4v) is 2.07. The van der Waals surface area contributed by atoms with Crippen LogP contribution in [0.3, 0.4) is 0 Å². The molecular weight excluding hydrogens is 192 g/mol. The van der Waals surface area contributed by atoms with Crippen LogP contribution in [0.1, 0.15) is 17.0 Å². The molecule has 0 bridgehead atoms. The molecule has 1 N–H and O–H groups in total. The first-order valence-electron chi connectivity index (χ1n) is 5.31. The highest BCUT2D eigenvalue weighted by molar-refractivity contribution is 5.25. The second kappa shape index (κ2) is 3.56. The van der Waals surface area contributed by atoms with Gasteiger partial charge in [-0.05, 0) is 11.6 Å². The summed E-state index contributed by atoms with van der Waals surface area (Å²) in [7, 11) is 0. The molecule has 1 aromatic heterocycles. The van der Waals surface area contributed by atoms with E-state index in [4.69, 9.17) is 9.84 Å². The first kappa shape index (κ1) is 9.27. The van der Waals surface area contributed by atoms with Gasteiger partial charge in [-0.1, -0.05) is 6.07 Å². The molecule has 3 heterocycles. The van der Waals surface area contributed by atoms with Crippen molar-refractivity contribution in [1.29, 1.82) is 0 Å². The fourth-order valence-electron chi connectivity index (χ4n) is 2.07. The summed E-state index contributed by atoms with van der Waals surface area (Å²) in [6, 6.07) is 3.97. The molecule has 0 radical (unpaired) electrons. The van der Waals surface area contributed by atoms with Crippen molar-refractivity contribution in [3.63, 3.8) is 0 Å². The molecule has 2 aliphatic heterocycles. The van der Waals surface area contributed by atoms with Crippen LogP contribution in [0, 0.1) is 0 Å². The lowest BCUT2D eigenvalue weighted by Gasteiger charge is -2.26.